The van der Waals surface area contributed by atoms with Crippen molar-refractivity contribution in [2.75, 3.05) is 5.32 Å². The van der Waals surface area contributed by atoms with E-state index in [1.807, 2.05) is 13.8 Å². The Morgan fingerprint density at radius 2 is 2.00 bits per heavy atom. The summed E-state index contributed by atoms with van der Waals surface area (Å²) in [4.78, 5) is 26.7. The molecule has 1 heterocycles. The summed E-state index contributed by atoms with van der Waals surface area (Å²) in [5, 5.41) is 13.7. The van der Waals surface area contributed by atoms with E-state index in [2.05, 4.69) is 10.3 Å². The second-order valence-electron chi connectivity index (χ2n) is 5.68. The number of rotatable bonds is 4. The van der Waals surface area contributed by atoms with Gasteiger partial charge in [0, 0.05) is 18.2 Å². The maximum Gasteiger partial charge on any atom is 0.271 e. The van der Waals surface area contributed by atoms with Crippen LogP contribution in [0.5, 0.6) is 0 Å². The van der Waals surface area contributed by atoms with E-state index in [0.29, 0.717) is 22.4 Å². The molecule has 2 aromatic carbocycles. The van der Waals surface area contributed by atoms with Crippen LogP contribution >= 0.6 is 0 Å². The molecule has 3 rings (SSSR count). The Bertz CT molecular complexity index is 1000. The zero-order chi connectivity index (χ0) is 18.0. The number of hydrogen-bond acceptors (Lipinski definition) is 5. The molecule has 7 nitrogen and oxygen atoms in total. The van der Waals surface area contributed by atoms with Gasteiger partial charge in [-0.1, -0.05) is 17.7 Å². The smallest absolute Gasteiger partial charge is 0.271 e. The monoisotopic (exact) mass is 337 g/mol. The maximum atomic E-state index is 12.0. The third-order valence-corrected chi connectivity index (χ3v) is 3.42. The van der Waals surface area contributed by atoms with Gasteiger partial charge in [-0.3, -0.25) is 14.9 Å². The van der Waals surface area contributed by atoms with Gasteiger partial charge in [-0.25, -0.2) is 4.98 Å². The molecule has 1 amide bonds. The molecule has 126 valence electrons. The fourth-order valence-corrected chi connectivity index (χ4v) is 2.35. The largest absolute Gasteiger partial charge is 0.436 e. The molecule has 0 unspecified atom stereocenters. The van der Waals surface area contributed by atoms with E-state index in [0.717, 1.165) is 5.57 Å². The Hall–Kier alpha value is -3.48. The van der Waals surface area contributed by atoms with E-state index in [9.17, 15) is 14.9 Å². The number of hydrogen-bond donors (Lipinski definition) is 1. The van der Waals surface area contributed by atoms with Gasteiger partial charge in [-0.15, -0.1) is 0 Å². The molecular formula is C18H15N3O4. The lowest BCUT2D eigenvalue weighted by Gasteiger charge is -2.07. The molecule has 0 radical (unpaired) electrons. The van der Waals surface area contributed by atoms with Gasteiger partial charge in [0.1, 0.15) is 5.52 Å². The molecule has 0 saturated carbocycles. The van der Waals surface area contributed by atoms with E-state index < -0.39 is 4.92 Å². The molecule has 7 heteroatoms. The molecule has 0 fully saturated rings. The third kappa shape index (κ3) is 3.55. The van der Waals surface area contributed by atoms with Gasteiger partial charge in [0.05, 0.1) is 16.2 Å². The predicted octanol–water partition coefficient (Wildman–Crippen LogP) is 4.31. The number of allylic oxidation sites excluding steroid dienone is 1. The Labute approximate surface area is 143 Å². The minimum absolute atomic E-state index is 0.0579. The van der Waals surface area contributed by atoms with Crippen molar-refractivity contribution in [2.45, 2.75) is 13.8 Å². The number of nitro groups is 1. The molecule has 0 aliphatic carbocycles. The van der Waals surface area contributed by atoms with Crippen LogP contribution in [0.15, 0.2) is 58.5 Å². The number of nitro benzene ring substituents is 1. The summed E-state index contributed by atoms with van der Waals surface area (Å²) in [5.74, 6) is 0.0304. The average Bonchev–Trinajstić information content (AvgIpc) is 2.97. The molecule has 0 spiro atoms. The van der Waals surface area contributed by atoms with Gasteiger partial charge in [-0.2, -0.15) is 0 Å². The lowest BCUT2D eigenvalue weighted by atomic mass is 10.1. The van der Waals surface area contributed by atoms with E-state index in [1.54, 1.807) is 24.3 Å². The average molecular weight is 337 g/mol. The highest BCUT2D eigenvalue weighted by atomic mass is 16.6. The SMILES string of the molecule is CC(C)=CC(=O)Nc1ccccc1-c1nc2cc([N+](=O)[O-])ccc2o1. The molecular weight excluding hydrogens is 322 g/mol. The second kappa shape index (κ2) is 6.56. The summed E-state index contributed by atoms with van der Waals surface area (Å²) in [7, 11) is 0. The van der Waals surface area contributed by atoms with Crippen molar-refractivity contribution in [1.29, 1.82) is 0 Å². The lowest BCUT2D eigenvalue weighted by molar-refractivity contribution is -0.384. The van der Waals surface area contributed by atoms with Gasteiger partial charge in [0.15, 0.2) is 5.58 Å². The van der Waals surface area contributed by atoms with Crippen LogP contribution in [0.1, 0.15) is 13.8 Å². The Morgan fingerprint density at radius 1 is 1.24 bits per heavy atom. The number of fused-ring (bicyclic) bond motifs is 1. The van der Waals surface area contributed by atoms with Crippen molar-refractivity contribution in [3.8, 4) is 11.5 Å². The number of anilines is 1. The Kier molecular flexibility index (Phi) is 4.30. The van der Waals surface area contributed by atoms with Crippen LogP contribution in [0, 0.1) is 10.1 Å². The van der Waals surface area contributed by atoms with Crippen molar-refractivity contribution in [1.82, 2.24) is 4.98 Å². The summed E-state index contributed by atoms with van der Waals surface area (Å²) in [5.41, 5.74) is 2.78. The molecule has 0 aliphatic rings. The topological polar surface area (TPSA) is 98.3 Å². The highest BCUT2D eigenvalue weighted by Gasteiger charge is 2.15. The quantitative estimate of drug-likeness (QED) is 0.434. The van der Waals surface area contributed by atoms with Crippen LogP contribution in [0.25, 0.3) is 22.6 Å². The van der Waals surface area contributed by atoms with Crippen LogP contribution < -0.4 is 5.32 Å². The number of aromatic nitrogens is 1. The van der Waals surface area contributed by atoms with Gasteiger partial charge in [-0.05, 0) is 32.0 Å². The normalized spacial score (nSPS) is 10.5. The number of nitrogens with zero attached hydrogens (tertiary/aromatic N) is 2. The first-order valence-electron chi connectivity index (χ1n) is 7.54. The third-order valence-electron chi connectivity index (χ3n) is 3.42. The highest BCUT2D eigenvalue weighted by molar-refractivity contribution is 6.02. The summed E-state index contributed by atoms with van der Waals surface area (Å²) in [6.45, 7) is 3.67. The maximum absolute atomic E-state index is 12.0. The van der Waals surface area contributed by atoms with Crippen LogP contribution in [0.4, 0.5) is 11.4 Å². The summed E-state index contributed by atoms with van der Waals surface area (Å²) >= 11 is 0. The van der Waals surface area contributed by atoms with Crippen LogP contribution in [0.2, 0.25) is 0 Å². The number of para-hydroxylation sites is 1. The highest BCUT2D eigenvalue weighted by Crippen LogP contribution is 2.31. The molecule has 25 heavy (non-hydrogen) atoms. The second-order valence-corrected chi connectivity index (χ2v) is 5.68. The first-order chi connectivity index (χ1) is 11.9. The standard InChI is InChI=1S/C18H15N3O4/c1-11(2)9-17(22)19-14-6-4-3-5-13(14)18-20-15-10-12(21(23)24)7-8-16(15)25-18/h3-10H,1-2H3,(H,19,22). The van der Waals surface area contributed by atoms with Gasteiger partial charge >= 0.3 is 0 Å². The van der Waals surface area contributed by atoms with E-state index in [-0.39, 0.29) is 17.5 Å². The molecule has 1 aromatic heterocycles. The fourth-order valence-electron chi connectivity index (χ4n) is 2.35. The summed E-state index contributed by atoms with van der Waals surface area (Å²) < 4.78 is 5.69. The van der Waals surface area contributed by atoms with Crippen molar-refractivity contribution in [2.24, 2.45) is 0 Å². The zero-order valence-corrected chi connectivity index (χ0v) is 13.6. The summed E-state index contributed by atoms with van der Waals surface area (Å²) in [6.07, 6.45) is 1.49. The number of carbonyl (C=O) groups excluding carboxylic acids is 1. The number of carbonyl (C=O) groups is 1. The minimum atomic E-state index is -0.485. The predicted molar refractivity (Wildman–Crippen MR) is 94.2 cm³/mol. The molecule has 0 atom stereocenters. The first-order valence-corrected chi connectivity index (χ1v) is 7.54. The molecule has 3 aromatic rings. The van der Waals surface area contributed by atoms with Crippen molar-refractivity contribution in [3.05, 3.63) is 64.2 Å². The Balaban J connectivity index is 2.02. The molecule has 0 aliphatic heterocycles. The van der Waals surface area contributed by atoms with Crippen LogP contribution in [-0.4, -0.2) is 15.8 Å². The van der Waals surface area contributed by atoms with Crippen molar-refractivity contribution in [3.63, 3.8) is 0 Å². The van der Waals surface area contributed by atoms with E-state index in [1.165, 1.54) is 24.3 Å². The number of oxazole rings is 1. The minimum Gasteiger partial charge on any atom is -0.436 e. The number of non-ortho nitro benzene ring substituents is 1. The number of nitrogens with one attached hydrogen (secondary N) is 1. The Morgan fingerprint density at radius 3 is 2.72 bits per heavy atom. The van der Waals surface area contributed by atoms with Crippen LogP contribution in [-0.2, 0) is 4.79 Å². The van der Waals surface area contributed by atoms with E-state index in [4.69, 9.17) is 4.42 Å². The van der Waals surface area contributed by atoms with Gasteiger partial charge in [0.2, 0.25) is 11.8 Å². The van der Waals surface area contributed by atoms with Gasteiger partial charge < -0.3 is 9.73 Å². The fraction of sp³-hybridized carbons (Fsp3) is 0.111. The number of amides is 1. The van der Waals surface area contributed by atoms with E-state index >= 15 is 0 Å². The van der Waals surface area contributed by atoms with Gasteiger partial charge in [0.25, 0.3) is 5.69 Å². The molecule has 0 saturated heterocycles. The zero-order valence-electron chi connectivity index (χ0n) is 13.6. The van der Waals surface area contributed by atoms with Crippen molar-refractivity contribution >= 4 is 28.4 Å². The summed E-state index contributed by atoms with van der Waals surface area (Å²) in [6, 6.07) is 11.3. The molecule has 1 N–H and O–H groups in total. The molecule has 0 bridgehead atoms. The first kappa shape index (κ1) is 16.4. The lowest BCUT2D eigenvalue weighted by Crippen LogP contribution is -2.09. The number of benzene rings is 2. The van der Waals surface area contributed by atoms with Crippen molar-refractivity contribution < 1.29 is 14.1 Å². The van der Waals surface area contributed by atoms with Crippen LogP contribution in [0.3, 0.4) is 0 Å².